The van der Waals surface area contributed by atoms with Gasteiger partial charge >= 0.3 is 0 Å². The lowest BCUT2D eigenvalue weighted by Gasteiger charge is -2.48. The van der Waals surface area contributed by atoms with E-state index >= 15 is 0 Å². The van der Waals surface area contributed by atoms with Gasteiger partial charge < -0.3 is 14.7 Å². The molecule has 2 heterocycles. The van der Waals surface area contributed by atoms with Gasteiger partial charge in [0, 0.05) is 45.5 Å². The van der Waals surface area contributed by atoms with Crippen molar-refractivity contribution in [2.24, 2.45) is 0 Å². The molecular formula is C66H74BN3. The lowest BCUT2D eigenvalue weighted by Crippen LogP contribution is -2.62. The lowest BCUT2D eigenvalue weighted by molar-refractivity contribution is 0.332. The van der Waals surface area contributed by atoms with Crippen LogP contribution in [0.4, 0.5) is 51.2 Å². The summed E-state index contributed by atoms with van der Waals surface area (Å²) in [5, 5.41) is 0. The minimum Gasteiger partial charge on any atom is -0.311 e. The molecule has 0 saturated heterocycles. The average molecular weight is 920 g/mol. The van der Waals surface area contributed by atoms with Crippen LogP contribution in [0.15, 0.2) is 146 Å². The molecule has 0 N–H and O–H groups in total. The van der Waals surface area contributed by atoms with Crippen LogP contribution in [0.3, 0.4) is 0 Å². The molecule has 7 aromatic rings. The number of rotatable bonds is 5. The highest BCUT2D eigenvalue weighted by Crippen LogP contribution is 2.54. The maximum atomic E-state index is 2.71. The monoisotopic (exact) mass is 920 g/mol. The van der Waals surface area contributed by atoms with Crippen LogP contribution in [-0.4, -0.2) is 6.71 Å². The Hall–Kier alpha value is -6.00. The molecule has 0 spiro atoms. The second kappa shape index (κ2) is 15.8. The third-order valence-electron chi connectivity index (χ3n) is 17.3. The van der Waals surface area contributed by atoms with Gasteiger partial charge in [-0.15, -0.1) is 0 Å². The first kappa shape index (κ1) is 46.4. The summed E-state index contributed by atoms with van der Waals surface area (Å²) in [6, 6.07) is 56.8. The van der Waals surface area contributed by atoms with Gasteiger partial charge in [-0.1, -0.05) is 170 Å². The van der Waals surface area contributed by atoms with Crippen molar-refractivity contribution in [3.8, 4) is 0 Å². The zero-order valence-corrected chi connectivity index (χ0v) is 44.6. The maximum absolute atomic E-state index is 2.71. The van der Waals surface area contributed by atoms with E-state index in [0.717, 1.165) is 29.9 Å². The fourth-order valence-corrected chi connectivity index (χ4v) is 12.6. The van der Waals surface area contributed by atoms with Crippen LogP contribution < -0.4 is 31.1 Å². The van der Waals surface area contributed by atoms with E-state index in [9.17, 15) is 0 Å². The van der Waals surface area contributed by atoms with Crippen molar-refractivity contribution in [3.05, 3.63) is 179 Å². The van der Waals surface area contributed by atoms with Crippen LogP contribution >= 0.6 is 0 Å². The summed E-state index contributed by atoms with van der Waals surface area (Å²) in [5.41, 5.74) is 23.8. The molecule has 2 aliphatic carbocycles. The first-order valence-corrected chi connectivity index (χ1v) is 26.2. The van der Waals surface area contributed by atoms with Crippen LogP contribution in [0.5, 0.6) is 0 Å². The van der Waals surface area contributed by atoms with E-state index in [2.05, 4.69) is 257 Å². The molecule has 0 amide bonds. The molecule has 7 aromatic carbocycles. The molecule has 0 radical (unpaired) electrons. The average Bonchev–Trinajstić information content (AvgIpc) is 3.31. The second-order valence-corrected chi connectivity index (χ2v) is 26.1. The molecule has 0 fully saturated rings. The smallest absolute Gasteiger partial charge is 0.252 e. The van der Waals surface area contributed by atoms with Gasteiger partial charge in [-0.05, 0) is 181 Å². The van der Waals surface area contributed by atoms with Crippen molar-refractivity contribution in [3.63, 3.8) is 0 Å². The SMILES string of the molecule is CC(C)(C)c1ccc(N2c3ccc(C(C)(C)C)cc3B3c4cc5c(cc4N(c4ccc6c(c4)C(C)(C)CCC6(C)C)c4cc(N(c6ccccc6)c6ccccc6)cc2c43)C(C)(C)CCC5(C)C)cc1. The summed E-state index contributed by atoms with van der Waals surface area (Å²) < 4.78 is 0. The predicted octanol–water partition coefficient (Wildman–Crippen LogP) is 16.5. The fourth-order valence-electron chi connectivity index (χ4n) is 12.6. The molecular weight excluding hydrogens is 846 g/mol. The molecule has 2 aliphatic heterocycles. The van der Waals surface area contributed by atoms with Crippen LogP contribution in [0.25, 0.3) is 0 Å². The quantitative estimate of drug-likeness (QED) is 0.159. The first-order chi connectivity index (χ1) is 32.9. The van der Waals surface area contributed by atoms with Gasteiger partial charge in [0.2, 0.25) is 0 Å². The third-order valence-corrected chi connectivity index (χ3v) is 17.3. The lowest BCUT2D eigenvalue weighted by atomic mass is 9.33. The van der Waals surface area contributed by atoms with Gasteiger partial charge in [0.15, 0.2) is 0 Å². The van der Waals surface area contributed by atoms with Gasteiger partial charge in [0.1, 0.15) is 0 Å². The number of fused-ring (bicyclic) bond motifs is 6. The van der Waals surface area contributed by atoms with Gasteiger partial charge in [0.05, 0.1) is 5.69 Å². The van der Waals surface area contributed by atoms with Gasteiger partial charge in [0.25, 0.3) is 6.71 Å². The second-order valence-electron chi connectivity index (χ2n) is 26.1. The van der Waals surface area contributed by atoms with E-state index < -0.39 is 0 Å². The van der Waals surface area contributed by atoms with Crippen molar-refractivity contribution in [2.45, 2.75) is 155 Å². The Kier molecular flexibility index (Phi) is 10.4. The molecule has 0 unspecified atom stereocenters. The Balaban J connectivity index is 1.31. The summed E-state index contributed by atoms with van der Waals surface area (Å²) in [7, 11) is 0. The molecule has 0 saturated carbocycles. The minimum atomic E-state index is -0.0395. The van der Waals surface area contributed by atoms with Gasteiger partial charge in [-0.3, -0.25) is 0 Å². The van der Waals surface area contributed by atoms with E-state index in [4.69, 9.17) is 0 Å². The van der Waals surface area contributed by atoms with Crippen LogP contribution in [0.1, 0.15) is 156 Å². The van der Waals surface area contributed by atoms with E-state index in [-0.39, 0.29) is 39.2 Å². The molecule has 0 aromatic heterocycles. The predicted molar refractivity (Wildman–Crippen MR) is 303 cm³/mol. The Morgan fingerprint density at radius 1 is 0.386 bits per heavy atom. The van der Waals surface area contributed by atoms with Gasteiger partial charge in [-0.25, -0.2) is 0 Å². The number of nitrogens with zero attached hydrogens (tertiary/aromatic N) is 3. The van der Waals surface area contributed by atoms with E-state index in [1.165, 1.54) is 96.7 Å². The highest BCUT2D eigenvalue weighted by atomic mass is 15.2. The largest absolute Gasteiger partial charge is 0.311 e. The topological polar surface area (TPSA) is 9.72 Å². The molecule has 70 heavy (non-hydrogen) atoms. The number of benzene rings is 7. The fraction of sp³-hybridized carbons (Fsp3) is 0.364. The Morgan fingerprint density at radius 3 is 1.36 bits per heavy atom. The van der Waals surface area contributed by atoms with E-state index in [1.807, 2.05) is 0 Å². The van der Waals surface area contributed by atoms with Crippen molar-refractivity contribution in [2.75, 3.05) is 14.7 Å². The van der Waals surface area contributed by atoms with Crippen LogP contribution in [-0.2, 0) is 32.5 Å². The Labute approximate surface area is 421 Å². The highest BCUT2D eigenvalue weighted by molar-refractivity contribution is 7.00. The van der Waals surface area contributed by atoms with Crippen molar-refractivity contribution < 1.29 is 0 Å². The molecule has 11 rings (SSSR count). The maximum Gasteiger partial charge on any atom is 0.252 e. The summed E-state index contributed by atoms with van der Waals surface area (Å²) in [6.07, 6.45) is 4.67. The van der Waals surface area contributed by atoms with Crippen molar-refractivity contribution in [1.82, 2.24) is 0 Å². The molecule has 4 heteroatoms. The van der Waals surface area contributed by atoms with Crippen LogP contribution in [0, 0.1) is 0 Å². The van der Waals surface area contributed by atoms with Crippen molar-refractivity contribution in [1.29, 1.82) is 0 Å². The number of para-hydroxylation sites is 2. The number of hydrogen-bond donors (Lipinski definition) is 0. The van der Waals surface area contributed by atoms with Crippen LogP contribution in [0.2, 0.25) is 0 Å². The van der Waals surface area contributed by atoms with Crippen molar-refractivity contribution >= 4 is 74.3 Å². The van der Waals surface area contributed by atoms with Gasteiger partial charge in [-0.2, -0.15) is 0 Å². The summed E-state index contributed by atoms with van der Waals surface area (Å²) in [5.74, 6) is 0. The molecule has 0 atom stereocenters. The summed E-state index contributed by atoms with van der Waals surface area (Å²) in [6.45, 7) is 33.8. The molecule has 0 bridgehead atoms. The van der Waals surface area contributed by atoms with E-state index in [1.54, 1.807) is 0 Å². The third kappa shape index (κ3) is 7.45. The number of hydrogen-bond acceptors (Lipinski definition) is 3. The Morgan fingerprint density at radius 2 is 0.829 bits per heavy atom. The standard InChI is InChI=1S/C66H74BN3/c1-61(2,3)43-25-28-47(29-26-43)69-56-32-27-44(62(4,5)6)37-54(56)67-55-41-52-53(66(13,14)36-35-65(52,11)12)42-57(55)70(48-30-31-50-51(38-48)64(9,10)34-33-63(50,7)8)59-40-49(39-58(69)60(59)67)68(45-21-17-15-18-22-45)46-23-19-16-20-24-46/h15-32,37-42H,33-36H2,1-14H3. The minimum absolute atomic E-state index is 0.00580. The number of anilines is 9. The van der Waals surface area contributed by atoms with E-state index in [0.29, 0.717) is 0 Å². The first-order valence-electron chi connectivity index (χ1n) is 26.2. The zero-order chi connectivity index (χ0) is 49.5. The Bertz CT molecular complexity index is 3140. The molecule has 4 aliphatic rings. The molecule has 3 nitrogen and oxygen atoms in total. The highest BCUT2D eigenvalue weighted by Gasteiger charge is 2.48. The summed E-state index contributed by atoms with van der Waals surface area (Å²) in [4.78, 5) is 7.78. The summed E-state index contributed by atoms with van der Waals surface area (Å²) >= 11 is 0. The normalized spacial score (nSPS) is 18.0. The molecule has 356 valence electrons. The zero-order valence-electron chi connectivity index (χ0n) is 44.6.